The van der Waals surface area contributed by atoms with Crippen molar-refractivity contribution in [1.29, 1.82) is 0 Å². The Hall–Kier alpha value is -1.69. The molecule has 0 amide bonds. The Bertz CT molecular complexity index is 833. The lowest BCUT2D eigenvalue weighted by Crippen LogP contribution is -2.48. The van der Waals surface area contributed by atoms with Crippen molar-refractivity contribution in [2.45, 2.75) is 39.3 Å². The molecule has 1 N–H and O–H groups in total. The maximum atomic E-state index is 12.5. The SMILES string of the molecule is Cc1ccc2[nH]c(CN3CCC([C@H](C)N4CCOCC4)CC3)cc(=O)c2c1. The normalized spacial score (nSPS) is 21.6. The lowest BCUT2D eigenvalue weighted by molar-refractivity contribution is -0.00197. The average Bonchev–Trinajstić information content (AvgIpc) is 2.69. The molecule has 2 aliphatic rings. The molecule has 2 aromatic rings. The number of morpholine rings is 1. The number of ether oxygens (including phenoxy) is 1. The van der Waals surface area contributed by atoms with Crippen LogP contribution in [0.5, 0.6) is 0 Å². The Morgan fingerprint density at radius 3 is 2.63 bits per heavy atom. The summed E-state index contributed by atoms with van der Waals surface area (Å²) in [6, 6.07) is 8.47. The van der Waals surface area contributed by atoms with E-state index < -0.39 is 0 Å². The molecule has 2 saturated heterocycles. The highest BCUT2D eigenvalue weighted by atomic mass is 16.5. The van der Waals surface area contributed by atoms with Gasteiger partial charge in [-0.2, -0.15) is 0 Å². The number of nitrogens with one attached hydrogen (secondary N) is 1. The number of aromatic amines is 1. The topological polar surface area (TPSA) is 48.6 Å². The van der Waals surface area contributed by atoms with Crippen molar-refractivity contribution in [1.82, 2.24) is 14.8 Å². The zero-order valence-electron chi connectivity index (χ0n) is 16.5. The van der Waals surface area contributed by atoms with E-state index in [-0.39, 0.29) is 5.43 Å². The highest BCUT2D eigenvalue weighted by Gasteiger charge is 2.28. The number of fused-ring (bicyclic) bond motifs is 1. The second-order valence-electron chi connectivity index (χ2n) is 8.21. The molecule has 5 heteroatoms. The van der Waals surface area contributed by atoms with Gasteiger partial charge < -0.3 is 9.72 Å². The number of aromatic nitrogens is 1. The molecule has 1 aromatic carbocycles. The molecule has 0 spiro atoms. The third-order valence-electron chi connectivity index (χ3n) is 6.37. The Morgan fingerprint density at radius 1 is 1.15 bits per heavy atom. The molecule has 0 saturated carbocycles. The Labute approximate surface area is 161 Å². The van der Waals surface area contributed by atoms with E-state index in [9.17, 15) is 4.79 Å². The zero-order chi connectivity index (χ0) is 18.8. The quantitative estimate of drug-likeness (QED) is 0.900. The van der Waals surface area contributed by atoms with Crippen LogP contribution in [-0.2, 0) is 11.3 Å². The second kappa shape index (κ2) is 8.13. The van der Waals surface area contributed by atoms with Gasteiger partial charge in [0.25, 0.3) is 0 Å². The summed E-state index contributed by atoms with van der Waals surface area (Å²) in [7, 11) is 0. The molecule has 0 aliphatic carbocycles. The maximum absolute atomic E-state index is 12.5. The van der Waals surface area contributed by atoms with E-state index in [2.05, 4.69) is 27.8 Å². The minimum absolute atomic E-state index is 0.123. The maximum Gasteiger partial charge on any atom is 0.189 e. The van der Waals surface area contributed by atoms with E-state index in [1.54, 1.807) is 6.07 Å². The van der Waals surface area contributed by atoms with Crippen LogP contribution < -0.4 is 5.43 Å². The van der Waals surface area contributed by atoms with Crippen LogP contribution >= 0.6 is 0 Å². The van der Waals surface area contributed by atoms with Crippen molar-refractivity contribution < 1.29 is 4.74 Å². The van der Waals surface area contributed by atoms with Gasteiger partial charge in [-0.15, -0.1) is 0 Å². The van der Waals surface area contributed by atoms with Crippen LogP contribution in [-0.4, -0.2) is 60.2 Å². The van der Waals surface area contributed by atoms with Crippen molar-refractivity contribution in [3.05, 3.63) is 45.7 Å². The molecule has 0 radical (unpaired) electrons. The third-order valence-corrected chi connectivity index (χ3v) is 6.37. The lowest BCUT2D eigenvalue weighted by Gasteiger charge is -2.41. The molecule has 2 fully saturated rings. The van der Waals surface area contributed by atoms with Crippen LogP contribution in [0.4, 0.5) is 0 Å². The Kier molecular flexibility index (Phi) is 5.62. The summed E-state index contributed by atoms with van der Waals surface area (Å²) < 4.78 is 5.49. The molecule has 146 valence electrons. The highest BCUT2D eigenvalue weighted by molar-refractivity contribution is 5.79. The van der Waals surface area contributed by atoms with Gasteiger partial charge in [-0.3, -0.25) is 14.6 Å². The number of aryl methyl sites for hydroxylation is 1. The lowest BCUT2D eigenvalue weighted by atomic mass is 9.89. The predicted octanol–water partition coefficient (Wildman–Crippen LogP) is 2.77. The first-order chi connectivity index (χ1) is 13.1. The Balaban J connectivity index is 1.37. The van der Waals surface area contributed by atoms with Gasteiger partial charge in [0.1, 0.15) is 0 Å². The number of piperidine rings is 1. The van der Waals surface area contributed by atoms with Crippen LogP contribution in [0, 0.1) is 12.8 Å². The fourth-order valence-electron chi connectivity index (χ4n) is 4.62. The van der Waals surface area contributed by atoms with Crippen molar-refractivity contribution >= 4 is 10.9 Å². The minimum Gasteiger partial charge on any atom is -0.379 e. The highest BCUT2D eigenvalue weighted by Crippen LogP contribution is 2.25. The molecular weight excluding hydrogens is 338 g/mol. The van der Waals surface area contributed by atoms with Gasteiger partial charge in [0.05, 0.1) is 13.2 Å². The number of nitrogens with zero attached hydrogens (tertiary/aromatic N) is 2. The van der Waals surface area contributed by atoms with Crippen molar-refractivity contribution in [2.24, 2.45) is 5.92 Å². The molecule has 5 nitrogen and oxygen atoms in total. The van der Waals surface area contributed by atoms with Gasteiger partial charge in [0.15, 0.2) is 5.43 Å². The fourth-order valence-corrected chi connectivity index (χ4v) is 4.62. The minimum atomic E-state index is 0.123. The average molecular weight is 370 g/mol. The number of hydrogen-bond donors (Lipinski definition) is 1. The molecule has 4 rings (SSSR count). The van der Waals surface area contributed by atoms with Crippen LogP contribution in [0.25, 0.3) is 10.9 Å². The molecule has 2 aliphatic heterocycles. The second-order valence-corrected chi connectivity index (χ2v) is 8.21. The Morgan fingerprint density at radius 2 is 1.89 bits per heavy atom. The summed E-state index contributed by atoms with van der Waals surface area (Å²) in [5, 5.41) is 0.789. The van der Waals surface area contributed by atoms with Crippen LogP contribution in [0.3, 0.4) is 0 Å². The molecule has 1 atom stereocenters. The number of H-pyrrole nitrogens is 1. The van der Waals surface area contributed by atoms with Crippen LogP contribution in [0.15, 0.2) is 29.1 Å². The molecular formula is C22H31N3O2. The molecule has 27 heavy (non-hydrogen) atoms. The smallest absolute Gasteiger partial charge is 0.189 e. The monoisotopic (exact) mass is 369 g/mol. The number of benzene rings is 1. The summed E-state index contributed by atoms with van der Waals surface area (Å²) in [6.45, 7) is 11.3. The van der Waals surface area contributed by atoms with Gasteiger partial charge in [-0.05, 0) is 57.8 Å². The summed E-state index contributed by atoms with van der Waals surface area (Å²) in [6.07, 6.45) is 2.46. The predicted molar refractivity (Wildman–Crippen MR) is 109 cm³/mol. The van der Waals surface area contributed by atoms with E-state index in [0.717, 1.165) is 74.0 Å². The molecule has 3 heterocycles. The molecule has 1 aromatic heterocycles. The number of pyridine rings is 1. The van der Waals surface area contributed by atoms with Gasteiger partial charge in [0.2, 0.25) is 0 Å². The number of likely N-dealkylation sites (tertiary alicyclic amines) is 1. The van der Waals surface area contributed by atoms with E-state index in [0.29, 0.717) is 6.04 Å². The number of rotatable bonds is 4. The first-order valence-corrected chi connectivity index (χ1v) is 10.3. The van der Waals surface area contributed by atoms with E-state index in [1.165, 1.54) is 12.8 Å². The van der Waals surface area contributed by atoms with Gasteiger partial charge in [-0.25, -0.2) is 0 Å². The standard InChI is InChI=1S/C22H31N3O2/c1-16-3-4-21-20(13-16)22(26)14-19(23-21)15-24-7-5-18(6-8-24)17(2)25-9-11-27-12-10-25/h3-4,13-14,17-18H,5-12,15H2,1-2H3,(H,23,26)/t17-/m0/s1. The van der Waals surface area contributed by atoms with Gasteiger partial charge >= 0.3 is 0 Å². The van der Waals surface area contributed by atoms with E-state index in [1.807, 2.05) is 19.1 Å². The molecule has 0 unspecified atom stereocenters. The first-order valence-electron chi connectivity index (χ1n) is 10.3. The van der Waals surface area contributed by atoms with Gasteiger partial charge in [0, 0.05) is 48.3 Å². The largest absolute Gasteiger partial charge is 0.379 e. The van der Waals surface area contributed by atoms with Crippen LogP contribution in [0.2, 0.25) is 0 Å². The first kappa shape index (κ1) is 18.7. The fraction of sp³-hybridized carbons (Fsp3) is 0.591. The van der Waals surface area contributed by atoms with Crippen molar-refractivity contribution in [2.75, 3.05) is 39.4 Å². The summed E-state index contributed by atoms with van der Waals surface area (Å²) in [4.78, 5) is 21.0. The van der Waals surface area contributed by atoms with Gasteiger partial charge in [-0.1, -0.05) is 11.6 Å². The van der Waals surface area contributed by atoms with Crippen molar-refractivity contribution in [3.63, 3.8) is 0 Å². The summed E-state index contributed by atoms with van der Waals surface area (Å²) >= 11 is 0. The number of hydrogen-bond acceptors (Lipinski definition) is 4. The zero-order valence-corrected chi connectivity index (χ0v) is 16.5. The van der Waals surface area contributed by atoms with Crippen LogP contribution in [0.1, 0.15) is 31.0 Å². The van der Waals surface area contributed by atoms with E-state index in [4.69, 9.17) is 4.74 Å². The molecule has 0 bridgehead atoms. The van der Waals surface area contributed by atoms with E-state index >= 15 is 0 Å². The summed E-state index contributed by atoms with van der Waals surface area (Å²) in [5.41, 5.74) is 3.21. The van der Waals surface area contributed by atoms with Crippen molar-refractivity contribution in [3.8, 4) is 0 Å². The summed E-state index contributed by atoms with van der Waals surface area (Å²) in [5.74, 6) is 0.762. The third kappa shape index (κ3) is 4.26.